The summed E-state index contributed by atoms with van der Waals surface area (Å²) in [4.78, 5) is 46.6. The van der Waals surface area contributed by atoms with Gasteiger partial charge in [0.05, 0.1) is 0 Å². The molecule has 4 amide bonds. The minimum Gasteiger partial charge on any atom is -0.268 e. The van der Waals surface area contributed by atoms with E-state index in [0.29, 0.717) is 10.0 Å². The predicted molar refractivity (Wildman–Crippen MR) is 75.8 cm³/mol. The van der Waals surface area contributed by atoms with E-state index in [1.165, 1.54) is 18.2 Å². The van der Waals surface area contributed by atoms with Gasteiger partial charge in [0.15, 0.2) is 0 Å². The average Bonchev–Trinajstić information content (AvgIpc) is 3.08. The van der Waals surface area contributed by atoms with Crippen molar-refractivity contribution in [1.82, 2.24) is 10.0 Å². The molecule has 0 spiro atoms. The Balaban J connectivity index is 1.96. The van der Waals surface area contributed by atoms with Gasteiger partial charge >= 0.3 is 0 Å². The van der Waals surface area contributed by atoms with Crippen molar-refractivity contribution in [3.63, 3.8) is 0 Å². The van der Waals surface area contributed by atoms with Crippen molar-refractivity contribution in [1.29, 1.82) is 0 Å². The Kier molecular flexibility index (Phi) is 3.60. The Labute approximate surface area is 134 Å². The number of amides is 4. The van der Waals surface area contributed by atoms with E-state index in [4.69, 9.17) is 0 Å². The molecule has 0 saturated carbocycles. The van der Waals surface area contributed by atoms with Crippen molar-refractivity contribution < 1.29 is 29.6 Å². The highest BCUT2D eigenvalue weighted by molar-refractivity contribution is 6.14. The first-order valence-corrected chi connectivity index (χ1v) is 6.52. The number of benzene rings is 1. The van der Waals surface area contributed by atoms with Crippen LogP contribution in [0.5, 0.6) is 0 Å². The van der Waals surface area contributed by atoms with Crippen LogP contribution in [0.15, 0.2) is 42.5 Å². The normalized spacial score (nSPS) is 16.6. The number of para-hydroxylation sites is 1. The molecule has 0 atom stereocenters. The van der Waals surface area contributed by atoms with Crippen molar-refractivity contribution >= 4 is 35.0 Å². The standard InChI is InChI=1S/C14H9N4O6/c19-11-5-6-12(20)15(11)17(23)9-3-1-2-4-10(9)18(24)16-13(21)7-8-14(16)22/h1-3,5-8,23-24H. The average molecular weight is 329 g/mol. The maximum atomic E-state index is 11.6. The van der Waals surface area contributed by atoms with Gasteiger partial charge < -0.3 is 0 Å². The number of rotatable bonds is 4. The molecule has 2 N–H and O–H groups in total. The van der Waals surface area contributed by atoms with E-state index in [-0.39, 0.29) is 21.7 Å². The van der Waals surface area contributed by atoms with Gasteiger partial charge in [-0.15, -0.1) is 10.3 Å². The molecule has 0 aromatic heterocycles. The lowest BCUT2D eigenvalue weighted by molar-refractivity contribution is -0.145. The molecule has 0 saturated heterocycles. The van der Waals surface area contributed by atoms with Crippen LogP contribution in [0.1, 0.15) is 0 Å². The van der Waals surface area contributed by atoms with Crippen molar-refractivity contribution in [2.45, 2.75) is 0 Å². The smallest absolute Gasteiger partial charge is 0.268 e. The lowest BCUT2D eigenvalue weighted by Gasteiger charge is -2.31. The molecular formula is C14H9N4O6. The number of nitrogens with zero attached hydrogens (tertiary/aromatic N) is 4. The van der Waals surface area contributed by atoms with Gasteiger partial charge in [0, 0.05) is 30.4 Å². The molecule has 0 aliphatic carbocycles. The van der Waals surface area contributed by atoms with Gasteiger partial charge in [-0.2, -0.15) is 10.0 Å². The van der Waals surface area contributed by atoms with E-state index >= 15 is 0 Å². The van der Waals surface area contributed by atoms with Gasteiger partial charge in [-0.1, -0.05) is 12.1 Å². The number of hydrogen-bond donors (Lipinski definition) is 2. The van der Waals surface area contributed by atoms with Crippen molar-refractivity contribution in [2.75, 3.05) is 10.3 Å². The molecule has 121 valence electrons. The summed E-state index contributed by atoms with van der Waals surface area (Å²) in [6, 6.07) is 6.50. The second kappa shape index (κ2) is 5.61. The Morgan fingerprint density at radius 2 is 1.25 bits per heavy atom. The first kappa shape index (κ1) is 15.4. The maximum Gasteiger partial charge on any atom is 0.274 e. The third-order valence-corrected chi connectivity index (χ3v) is 3.18. The molecule has 2 aliphatic heterocycles. The molecular weight excluding hydrogens is 320 g/mol. The van der Waals surface area contributed by atoms with Crippen LogP contribution in [0.2, 0.25) is 0 Å². The summed E-state index contributed by atoms with van der Waals surface area (Å²) in [5.74, 6) is -3.25. The number of imide groups is 2. The summed E-state index contributed by atoms with van der Waals surface area (Å²) in [5.41, 5.74) is -0.601. The van der Waals surface area contributed by atoms with Gasteiger partial charge in [-0.25, -0.2) is 0 Å². The number of anilines is 2. The van der Waals surface area contributed by atoms with Gasteiger partial charge in [-0.05, 0) is 6.07 Å². The highest BCUT2D eigenvalue weighted by Gasteiger charge is 2.35. The Hall–Kier alpha value is -3.50. The number of carbonyl (C=O) groups is 4. The minimum absolute atomic E-state index is 0.168. The topological polar surface area (TPSA) is 122 Å². The predicted octanol–water partition coefficient (Wildman–Crippen LogP) is -0.442. The molecule has 1 aromatic carbocycles. The Bertz CT molecular complexity index is 714. The minimum atomic E-state index is -0.815. The summed E-state index contributed by atoms with van der Waals surface area (Å²) in [6.45, 7) is 0. The van der Waals surface area contributed by atoms with Crippen molar-refractivity contribution in [2.24, 2.45) is 0 Å². The third kappa shape index (κ3) is 2.31. The Morgan fingerprint density at radius 3 is 1.75 bits per heavy atom. The van der Waals surface area contributed by atoms with Crippen molar-refractivity contribution in [3.8, 4) is 0 Å². The van der Waals surface area contributed by atoms with Crippen LogP contribution in [0, 0.1) is 6.07 Å². The second-order valence-electron chi connectivity index (χ2n) is 4.63. The summed E-state index contributed by atoms with van der Waals surface area (Å²) in [5, 5.41) is 21.5. The molecule has 10 nitrogen and oxygen atoms in total. The van der Waals surface area contributed by atoms with E-state index in [9.17, 15) is 29.6 Å². The van der Waals surface area contributed by atoms with Crippen LogP contribution >= 0.6 is 0 Å². The molecule has 1 radical (unpaired) electrons. The molecule has 1 aromatic rings. The largest absolute Gasteiger partial charge is 0.274 e. The van der Waals surface area contributed by atoms with Gasteiger partial charge in [0.2, 0.25) is 0 Å². The zero-order chi connectivity index (χ0) is 17.4. The molecule has 10 heteroatoms. The molecule has 24 heavy (non-hydrogen) atoms. The highest BCUT2D eigenvalue weighted by Crippen LogP contribution is 2.30. The first-order valence-electron chi connectivity index (χ1n) is 6.52. The summed E-state index contributed by atoms with van der Waals surface area (Å²) in [7, 11) is 0. The summed E-state index contributed by atoms with van der Waals surface area (Å²) >= 11 is 0. The first-order chi connectivity index (χ1) is 11.4. The maximum absolute atomic E-state index is 11.6. The van der Waals surface area contributed by atoms with E-state index in [0.717, 1.165) is 24.3 Å². The van der Waals surface area contributed by atoms with E-state index in [1.807, 2.05) is 0 Å². The molecule has 0 bridgehead atoms. The van der Waals surface area contributed by atoms with Gasteiger partial charge in [0.25, 0.3) is 23.6 Å². The summed E-state index contributed by atoms with van der Waals surface area (Å²) in [6.07, 6.45) is 3.79. The molecule has 2 aliphatic rings. The van der Waals surface area contributed by atoms with E-state index < -0.39 is 23.6 Å². The fourth-order valence-corrected chi connectivity index (χ4v) is 2.11. The zero-order valence-corrected chi connectivity index (χ0v) is 11.9. The molecule has 3 rings (SSSR count). The SMILES string of the molecule is O=C1C=CC(=O)N1N(O)c1[c]cccc1N(O)N1C(=O)C=CC1=O. The number of hydrazine groups is 2. The summed E-state index contributed by atoms with van der Waals surface area (Å²) < 4.78 is 0. The fourth-order valence-electron chi connectivity index (χ4n) is 2.11. The van der Waals surface area contributed by atoms with Crippen LogP contribution in [-0.4, -0.2) is 44.1 Å². The van der Waals surface area contributed by atoms with Gasteiger partial charge in [-0.3, -0.25) is 29.6 Å². The molecule has 0 unspecified atom stereocenters. The fraction of sp³-hybridized carbons (Fsp3) is 0. The quantitative estimate of drug-likeness (QED) is 0.563. The molecule has 0 fully saturated rings. The van der Waals surface area contributed by atoms with Crippen molar-refractivity contribution in [3.05, 3.63) is 48.6 Å². The third-order valence-electron chi connectivity index (χ3n) is 3.18. The van der Waals surface area contributed by atoms with E-state index in [1.54, 1.807) is 0 Å². The zero-order valence-electron chi connectivity index (χ0n) is 11.9. The van der Waals surface area contributed by atoms with Gasteiger partial charge in [0.1, 0.15) is 11.4 Å². The number of hydrogen-bond acceptors (Lipinski definition) is 8. The van der Waals surface area contributed by atoms with Crippen LogP contribution in [0.25, 0.3) is 0 Å². The van der Waals surface area contributed by atoms with Crippen LogP contribution < -0.4 is 10.3 Å². The van der Waals surface area contributed by atoms with E-state index in [2.05, 4.69) is 6.07 Å². The van der Waals surface area contributed by atoms with Crippen LogP contribution in [0.3, 0.4) is 0 Å². The second-order valence-corrected chi connectivity index (χ2v) is 4.63. The lowest BCUT2D eigenvalue weighted by atomic mass is 10.2. The van der Waals surface area contributed by atoms with Crippen LogP contribution in [-0.2, 0) is 19.2 Å². The monoisotopic (exact) mass is 329 g/mol. The number of carbonyl (C=O) groups excluding carboxylic acids is 4. The highest BCUT2D eigenvalue weighted by atomic mass is 16.6. The van der Waals surface area contributed by atoms with Crippen LogP contribution in [0.4, 0.5) is 11.4 Å². The molecule has 2 heterocycles. The Morgan fingerprint density at radius 1 is 0.792 bits per heavy atom. The lowest BCUT2D eigenvalue weighted by Crippen LogP contribution is -2.48.